The highest BCUT2D eigenvalue weighted by Gasteiger charge is 2.26. The van der Waals surface area contributed by atoms with Crippen LogP contribution in [0, 0.1) is 0 Å². The summed E-state index contributed by atoms with van der Waals surface area (Å²) in [5.41, 5.74) is 1.23. The van der Waals surface area contributed by atoms with Crippen molar-refractivity contribution < 1.29 is 4.79 Å². The minimum Gasteiger partial charge on any atom is -0.366 e. The molecule has 2 aliphatic rings. The molecule has 4 heterocycles. The Kier molecular flexibility index (Phi) is 3.29. The van der Waals surface area contributed by atoms with E-state index in [0.29, 0.717) is 29.7 Å². The summed E-state index contributed by atoms with van der Waals surface area (Å²) in [6.07, 6.45) is 9.33. The van der Waals surface area contributed by atoms with Crippen molar-refractivity contribution in [3.8, 4) is 0 Å². The van der Waals surface area contributed by atoms with Gasteiger partial charge in [-0.3, -0.25) is 9.89 Å². The smallest absolute Gasteiger partial charge is 0.261 e. The molecule has 0 aromatic carbocycles. The fraction of sp³-hybridized carbons (Fsp3) is 0.400. The normalized spacial score (nSPS) is 19.5. The van der Waals surface area contributed by atoms with Crippen LogP contribution in [0.25, 0.3) is 6.20 Å². The van der Waals surface area contributed by atoms with Gasteiger partial charge in [0.2, 0.25) is 0 Å². The van der Waals surface area contributed by atoms with Gasteiger partial charge in [-0.25, -0.2) is 4.68 Å². The van der Waals surface area contributed by atoms with Gasteiger partial charge in [-0.05, 0) is 25.8 Å². The average Bonchev–Trinajstić information content (AvgIpc) is 3.26. The lowest BCUT2D eigenvalue weighted by molar-refractivity contribution is 0.102. The summed E-state index contributed by atoms with van der Waals surface area (Å²) >= 11 is 0. The molecular weight excluding hydrogens is 294 g/mol. The fourth-order valence-corrected chi connectivity index (χ4v) is 3.17. The Morgan fingerprint density at radius 3 is 3.17 bits per heavy atom. The number of aromatic amines is 1. The van der Waals surface area contributed by atoms with E-state index in [1.807, 2.05) is 12.3 Å². The Balaban J connectivity index is 1.57. The molecule has 0 radical (unpaired) electrons. The first kappa shape index (κ1) is 13.9. The number of nitrogens with one attached hydrogen (secondary N) is 3. The number of aromatic nitrogens is 4. The number of fused-ring (bicyclic) bond motifs is 1. The minimum atomic E-state index is -0.191. The van der Waals surface area contributed by atoms with Crippen LogP contribution in [0.4, 0.5) is 17.3 Å². The molecule has 8 nitrogen and oxygen atoms in total. The molecule has 0 spiro atoms. The topological polar surface area (TPSA) is 90.9 Å². The molecular formula is C15H19N7O. The molecule has 0 bridgehead atoms. The van der Waals surface area contributed by atoms with Crippen molar-refractivity contribution in [2.45, 2.75) is 25.8 Å². The Bertz CT molecular complexity index is 760. The molecule has 2 aromatic rings. The second kappa shape index (κ2) is 5.45. The molecule has 23 heavy (non-hydrogen) atoms. The molecule has 1 saturated heterocycles. The summed E-state index contributed by atoms with van der Waals surface area (Å²) in [6, 6.07) is 0.446. The number of hydrogen-bond donors (Lipinski definition) is 3. The predicted molar refractivity (Wildman–Crippen MR) is 88.6 cm³/mol. The first-order valence-corrected chi connectivity index (χ1v) is 7.83. The number of carbonyl (C=O) groups is 1. The number of carbonyl (C=O) groups excluding carboxylic acids is 1. The third-order valence-electron chi connectivity index (χ3n) is 4.38. The van der Waals surface area contributed by atoms with E-state index in [-0.39, 0.29) is 5.91 Å². The van der Waals surface area contributed by atoms with Crippen LogP contribution in [0.5, 0.6) is 0 Å². The fourth-order valence-electron chi connectivity index (χ4n) is 3.17. The van der Waals surface area contributed by atoms with Gasteiger partial charge in [0.25, 0.3) is 5.91 Å². The van der Waals surface area contributed by atoms with E-state index in [0.717, 1.165) is 25.2 Å². The highest BCUT2D eigenvalue weighted by Crippen LogP contribution is 2.30. The number of rotatable bonds is 3. The minimum absolute atomic E-state index is 0.191. The Morgan fingerprint density at radius 1 is 1.43 bits per heavy atom. The van der Waals surface area contributed by atoms with Crippen LogP contribution in [-0.4, -0.2) is 45.0 Å². The van der Waals surface area contributed by atoms with Crippen molar-refractivity contribution in [2.24, 2.45) is 0 Å². The van der Waals surface area contributed by atoms with Crippen LogP contribution in [0.1, 0.15) is 30.1 Å². The van der Waals surface area contributed by atoms with Crippen LogP contribution in [-0.2, 0) is 0 Å². The molecule has 0 aliphatic carbocycles. The van der Waals surface area contributed by atoms with E-state index in [2.05, 4.69) is 37.8 Å². The van der Waals surface area contributed by atoms with Crippen LogP contribution < -0.4 is 15.5 Å². The third kappa shape index (κ3) is 2.36. The summed E-state index contributed by atoms with van der Waals surface area (Å²) in [7, 11) is 0. The zero-order chi connectivity index (χ0) is 15.8. The van der Waals surface area contributed by atoms with Gasteiger partial charge in [0.1, 0.15) is 22.9 Å². The number of nitrogens with zero attached hydrogens (tertiary/aromatic N) is 4. The van der Waals surface area contributed by atoms with Crippen LogP contribution in [0.3, 0.4) is 0 Å². The van der Waals surface area contributed by atoms with Gasteiger partial charge >= 0.3 is 0 Å². The van der Waals surface area contributed by atoms with Gasteiger partial charge in [0.05, 0.1) is 12.4 Å². The van der Waals surface area contributed by atoms with Crippen molar-refractivity contribution in [3.05, 3.63) is 24.0 Å². The maximum Gasteiger partial charge on any atom is 0.261 e. The molecule has 1 fully saturated rings. The van der Waals surface area contributed by atoms with Crippen molar-refractivity contribution >= 4 is 29.4 Å². The van der Waals surface area contributed by atoms with Crippen LogP contribution in [0.15, 0.2) is 18.5 Å². The lowest BCUT2D eigenvalue weighted by Gasteiger charge is -2.23. The molecule has 1 unspecified atom stereocenters. The van der Waals surface area contributed by atoms with Gasteiger partial charge in [-0.15, -0.1) is 0 Å². The third-order valence-corrected chi connectivity index (χ3v) is 4.38. The molecule has 2 aliphatic heterocycles. The van der Waals surface area contributed by atoms with E-state index in [4.69, 9.17) is 0 Å². The van der Waals surface area contributed by atoms with Gasteiger partial charge in [0, 0.05) is 25.3 Å². The van der Waals surface area contributed by atoms with Gasteiger partial charge in [0.15, 0.2) is 0 Å². The number of amides is 1. The predicted octanol–water partition coefficient (Wildman–Crippen LogP) is 1.74. The molecule has 1 amide bonds. The highest BCUT2D eigenvalue weighted by molar-refractivity contribution is 6.08. The van der Waals surface area contributed by atoms with Crippen molar-refractivity contribution in [2.75, 3.05) is 28.6 Å². The standard InChI is InChI=1S/C15H19N7O/c1-10-4-2-6-21(10)14-12(9-17-20-14)19-15(23)11-8-18-22-7-3-5-16-13(11)22/h3,7-10,16H,2,4-6H2,1H3,(H,17,20)(H,19,23). The van der Waals surface area contributed by atoms with Gasteiger partial charge in [-0.2, -0.15) is 10.2 Å². The van der Waals surface area contributed by atoms with Crippen molar-refractivity contribution in [1.82, 2.24) is 20.0 Å². The van der Waals surface area contributed by atoms with E-state index in [1.54, 1.807) is 17.1 Å². The van der Waals surface area contributed by atoms with Crippen molar-refractivity contribution in [3.63, 3.8) is 0 Å². The first-order valence-electron chi connectivity index (χ1n) is 7.83. The summed E-state index contributed by atoms with van der Waals surface area (Å²) < 4.78 is 1.66. The molecule has 2 aromatic heterocycles. The Labute approximate surface area is 133 Å². The molecule has 8 heteroatoms. The average molecular weight is 313 g/mol. The van der Waals surface area contributed by atoms with E-state index in [1.165, 1.54) is 0 Å². The lowest BCUT2D eigenvalue weighted by atomic mass is 10.2. The first-order chi connectivity index (χ1) is 11.2. The molecule has 0 saturated carbocycles. The maximum atomic E-state index is 12.6. The summed E-state index contributed by atoms with van der Waals surface area (Å²) in [4.78, 5) is 14.9. The van der Waals surface area contributed by atoms with Crippen LogP contribution in [0.2, 0.25) is 0 Å². The molecule has 1 atom stereocenters. The van der Waals surface area contributed by atoms with Gasteiger partial charge in [-0.1, -0.05) is 0 Å². The summed E-state index contributed by atoms with van der Waals surface area (Å²) in [5.74, 6) is 1.39. The van der Waals surface area contributed by atoms with E-state index < -0.39 is 0 Å². The number of hydrogen-bond acceptors (Lipinski definition) is 5. The second-order valence-corrected chi connectivity index (χ2v) is 5.89. The zero-order valence-corrected chi connectivity index (χ0v) is 12.9. The molecule has 120 valence electrons. The van der Waals surface area contributed by atoms with Crippen LogP contribution >= 0.6 is 0 Å². The number of H-pyrrole nitrogens is 1. The highest BCUT2D eigenvalue weighted by atomic mass is 16.1. The second-order valence-electron chi connectivity index (χ2n) is 5.89. The monoisotopic (exact) mass is 313 g/mol. The summed E-state index contributed by atoms with van der Waals surface area (Å²) in [6.45, 7) is 3.85. The lowest BCUT2D eigenvalue weighted by Crippen LogP contribution is -2.28. The zero-order valence-electron chi connectivity index (χ0n) is 12.9. The van der Waals surface area contributed by atoms with Crippen molar-refractivity contribution in [1.29, 1.82) is 0 Å². The molecule has 3 N–H and O–H groups in total. The largest absolute Gasteiger partial charge is 0.366 e. The number of anilines is 3. The molecule has 4 rings (SSSR count). The summed E-state index contributed by atoms with van der Waals surface area (Å²) in [5, 5.41) is 17.4. The Hall–Kier alpha value is -2.77. The maximum absolute atomic E-state index is 12.6. The van der Waals surface area contributed by atoms with E-state index >= 15 is 0 Å². The SMILES string of the molecule is CC1CCCN1c1[nH]ncc1NC(=O)c1cnn2c1NCC=C2. The Morgan fingerprint density at radius 2 is 2.35 bits per heavy atom. The van der Waals surface area contributed by atoms with E-state index in [9.17, 15) is 4.79 Å². The quantitative estimate of drug-likeness (QED) is 0.803. The van der Waals surface area contributed by atoms with Gasteiger partial charge < -0.3 is 15.5 Å².